The van der Waals surface area contributed by atoms with Gasteiger partial charge in [-0.2, -0.15) is 0 Å². The van der Waals surface area contributed by atoms with Crippen molar-refractivity contribution in [1.29, 1.82) is 0 Å². The van der Waals surface area contributed by atoms with E-state index >= 15 is 0 Å². The molecule has 4 aliphatic rings. The first-order chi connectivity index (χ1) is 30.8. The summed E-state index contributed by atoms with van der Waals surface area (Å²) in [5.41, 5.74) is 3.17. The number of aliphatic hydroxyl groups excluding tert-OH is 2. The van der Waals surface area contributed by atoms with Gasteiger partial charge in [-0.15, -0.1) is 6.58 Å². The molecule has 2 fully saturated rings. The maximum absolute atomic E-state index is 14.2. The number of hydrogen-bond acceptors (Lipinski definition) is 10. The molecule has 8 rings (SSSR count). The first-order valence-corrected chi connectivity index (χ1v) is 22.5. The standard InChI is InChI=1S/C51H59FN2O9/c1-3-27-60-51-46(54(50(57)58-2)33-34-17-20-38(52)21-18-34)32-44(53-63-47-16-8-11-28-59-47)42-30-37(14-6-9-25-55)41(15-7-10-26-56)48(49(42)51)43-31-40(23-24-45(43)62-51)61-39-22-19-35-12-4-5-13-36(35)29-39/h3-5,12-13,17-24,29-31,37,41,46-49,55-56H,1,6-11,14-16,25-28,32-33H2,2H3. The van der Waals surface area contributed by atoms with Crippen molar-refractivity contribution in [2.75, 3.05) is 33.5 Å². The summed E-state index contributed by atoms with van der Waals surface area (Å²) in [5, 5.41) is 27.0. The lowest BCUT2D eigenvalue weighted by molar-refractivity contribution is -0.256. The summed E-state index contributed by atoms with van der Waals surface area (Å²) < 4.78 is 46.8. The van der Waals surface area contributed by atoms with Crippen molar-refractivity contribution >= 4 is 22.6 Å². The minimum absolute atomic E-state index is 0.0144. The number of carbonyl (C=O) groups is 1. The molecule has 4 aromatic rings. The smallest absolute Gasteiger partial charge is 0.410 e. The van der Waals surface area contributed by atoms with Gasteiger partial charge in [-0.25, -0.2) is 9.18 Å². The van der Waals surface area contributed by atoms with Crippen molar-refractivity contribution in [2.24, 2.45) is 22.9 Å². The number of allylic oxidation sites excluding steroid dienone is 1. The normalized spacial score (nSPS) is 25.6. The largest absolute Gasteiger partial charge is 0.459 e. The van der Waals surface area contributed by atoms with E-state index in [1.165, 1.54) is 19.2 Å². The van der Waals surface area contributed by atoms with E-state index in [0.29, 0.717) is 54.4 Å². The number of carbonyl (C=O) groups excluding carboxylic acids is 1. The molecular weight excluding hydrogens is 804 g/mol. The minimum Gasteiger partial charge on any atom is -0.459 e. The van der Waals surface area contributed by atoms with Crippen LogP contribution in [0.3, 0.4) is 0 Å². The van der Waals surface area contributed by atoms with Gasteiger partial charge in [0.2, 0.25) is 12.1 Å². The number of amides is 1. The van der Waals surface area contributed by atoms with Crippen LogP contribution in [0.15, 0.2) is 114 Å². The van der Waals surface area contributed by atoms with Crippen LogP contribution in [-0.2, 0) is 25.6 Å². The second-order valence-electron chi connectivity index (χ2n) is 17.0. The van der Waals surface area contributed by atoms with Gasteiger partial charge in [0.25, 0.3) is 0 Å². The second-order valence-corrected chi connectivity index (χ2v) is 17.0. The SMILES string of the molecule is C=CCOC12Oc3ccc(Oc4ccc5ccccc5c4)cc3C3C(CCCCO)C(CCCCO)C=C(C(=NOC4CCCCO4)CC1N(Cc1ccc(F)cc1)C(=O)OC)C32. The molecule has 2 aliphatic heterocycles. The molecule has 2 heterocycles. The van der Waals surface area contributed by atoms with E-state index in [0.717, 1.165) is 60.4 Å². The topological polar surface area (TPSA) is 129 Å². The Bertz CT molecular complexity index is 2260. The predicted molar refractivity (Wildman–Crippen MR) is 238 cm³/mol. The van der Waals surface area contributed by atoms with Gasteiger partial charge in [-0.1, -0.05) is 72.6 Å². The lowest BCUT2D eigenvalue weighted by Gasteiger charge is -2.59. The van der Waals surface area contributed by atoms with Crippen molar-refractivity contribution in [3.8, 4) is 17.2 Å². The van der Waals surface area contributed by atoms with Crippen molar-refractivity contribution in [1.82, 2.24) is 4.90 Å². The number of oxime groups is 1. The Hall–Kier alpha value is -5.27. The zero-order valence-electron chi connectivity index (χ0n) is 36.0. The minimum atomic E-state index is -1.50. The lowest BCUT2D eigenvalue weighted by Crippen LogP contribution is -2.70. The number of aliphatic hydroxyl groups is 2. The van der Waals surface area contributed by atoms with E-state index in [-0.39, 0.29) is 56.4 Å². The van der Waals surface area contributed by atoms with Gasteiger partial charge in [-0.05, 0) is 115 Å². The lowest BCUT2D eigenvalue weighted by atomic mass is 9.55. The third-order valence-electron chi connectivity index (χ3n) is 13.1. The van der Waals surface area contributed by atoms with Crippen LogP contribution in [0.25, 0.3) is 10.8 Å². The van der Waals surface area contributed by atoms with Crippen LogP contribution in [0.5, 0.6) is 17.2 Å². The Morgan fingerprint density at radius 3 is 2.46 bits per heavy atom. The van der Waals surface area contributed by atoms with Crippen LogP contribution in [0.2, 0.25) is 0 Å². The van der Waals surface area contributed by atoms with Crippen LogP contribution in [-0.4, -0.2) is 78.6 Å². The molecule has 0 bridgehead atoms. The van der Waals surface area contributed by atoms with Crippen molar-refractivity contribution in [3.05, 3.63) is 126 Å². The van der Waals surface area contributed by atoms with Gasteiger partial charge < -0.3 is 38.7 Å². The van der Waals surface area contributed by atoms with Gasteiger partial charge in [0.1, 0.15) is 29.1 Å². The van der Waals surface area contributed by atoms with Crippen LogP contribution in [0.4, 0.5) is 9.18 Å². The van der Waals surface area contributed by atoms with E-state index in [1.807, 2.05) is 42.5 Å². The molecule has 7 atom stereocenters. The molecule has 1 saturated carbocycles. The fraction of sp³-hybridized carbons (Fsp3) is 0.451. The molecule has 11 nitrogen and oxygen atoms in total. The average Bonchev–Trinajstić information content (AvgIpc) is 3.31. The molecule has 4 aromatic carbocycles. The van der Waals surface area contributed by atoms with Crippen LogP contribution >= 0.6 is 0 Å². The number of methoxy groups -OCH3 is 1. The molecule has 1 amide bonds. The number of nitrogens with zero attached hydrogens (tertiary/aromatic N) is 2. The van der Waals surface area contributed by atoms with Crippen molar-refractivity contribution in [2.45, 2.75) is 94.8 Å². The Labute approximate surface area is 369 Å². The third kappa shape index (κ3) is 9.65. The molecule has 2 aliphatic carbocycles. The summed E-state index contributed by atoms with van der Waals surface area (Å²) in [6, 6.07) is 25.3. The Kier molecular flexibility index (Phi) is 14.4. The maximum Gasteiger partial charge on any atom is 0.410 e. The molecule has 2 N–H and O–H groups in total. The summed E-state index contributed by atoms with van der Waals surface area (Å²) in [4.78, 5) is 22.1. The summed E-state index contributed by atoms with van der Waals surface area (Å²) in [7, 11) is 1.34. The Balaban J connectivity index is 1.32. The molecule has 63 heavy (non-hydrogen) atoms. The summed E-state index contributed by atoms with van der Waals surface area (Å²) in [5.74, 6) is -0.702. The van der Waals surface area contributed by atoms with Gasteiger partial charge in [0.15, 0.2) is 0 Å². The van der Waals surface area contributed by atoms with Crippen LogP contribution in [0.1, 0.15) is 81.3 Å². The number of unbranched alkanes of at least 4 members (excludes halogenated alkanes) is 2. The first-order valence-electron chi connectivity index (χ1n) is 22.5. The number of ether oxygens (including phenoxy) is 5. The van der Waals surface area contributed by atoms with E-state index in [9.17, 15) is 19.4 Å². The van der Waals surface area contributed by atoms with Crippen molar-refractivity contribution in [3.63, 3.8) is 0 Å². The number of rotatable bonds is 18. The molecule has 7 unspecified atom stereocenters. The van der Waals surface area contributed by atoms with Gasteiger partial charge in [-0.3, -0.25) is 4.90 Å². The van der Waals surface area contributed by atoms with Gasteiger partial charge in [0, 0.05) is 44.1 Å². The third-order valence-corrected chi connectivity index (χ3v) is 13.1. The summed E-state index contributed by atoms with van der Waals surface area (Å²) in [6.45, 7) is 4.93. The van der Waals surface area contributed by atoms with Gasteiger partial charge >= 0.3 is 6.09 Å². The van der Waals surface area contributed by atoms with E-state index in [1.54, 1.807) is 23.1 Å². The Morgan fingerprint density at radius 1 is 0.952 bits per heavy atom. The van der Waals surface area contributed by atoms with E-state index in [4.69, 9.17) is 33.7 Å². The van der Waals surface area contributed by atoms with Crippen LogP contribution < -0.4 is 9.47 Å². The molecule has 1 saturated heterocycles. The summed E-state index contributed by atoms with van der Waals surface area (Å²) >= 11 is 0. The highest BCUT2D eigenvalue weighted by Gasteiger charge is 2.65. The van der Waals surface area contributed by atoms with Crippen molar-refractivity contribution < 1.29 is 47.9 Å². The predicted octanol–water partition coefficient (Wildman–Crippen LogP) is 10.2. The maximum atomic E-state index is 14.2. The quantitative estimate of drug-likeness (QED) is 0.0571. The molecule has 0 radical (unpaired) electrons. The highest BCUT2D eigenvalue weighted by molar-refractivity contribution is 6.03. The molecular formula is C51H59FN2O9. The monoisotopic (exact) mass is 862 g/mol. The number of hydrogen-bond donors (Lipinski definition) is 2. The zero-order chi connectivity index (χ0) is 43.8. The first kappa shape index (κ1) is 44.3. The fourth-order valence-electron chi connectivity index (χ4n) is 10.2. The molecule has 12 heteroatoms. The number of benzene rings is 4. The number of fused-ring (bicyclic) bond motifs is 3. The molecule has 0 spiro atoms. The molecule has 0 aromatic heterocycles. The highest BCUT2D eigenvalue weighted by atomic mass is 19.1. The average molecular weight is 863 g/mol. The fourth-order valence-corrected chi connectivity index (χ4v) is 10.2. The zero-order valence-corrected chi connectivity index (χ0v) is 36.0. The van der Waals surface area contributed by atoms with E-state index in [2.05, 4.69) is 30.9 Å². The molecule has 334 valence electrons. The van der Waals surface area contributed by atoms with Crippen LogP contribution in [0, 0.1) is 23.6 Å². The number of halogens is 1. The second kappa shape index (κ2) is 20.5. The highest BCUT2D eigenvalue weighted by Crippen LogP contribution is 2.62. The van der Waals surface area contributed by atoms with Gasteiger partial charge in [0.05, 0.1) is 32.0 Å². The van der Waals surface area contributed by atoms with E-state index < -0.39 is 30.1 Å². The Morgan fingerprint density at radius 2 is 1.71 bits per heavy atom. The summed E-state index contributed by atoms with van der Waals surface area (Å²) in [6.07, 6.45) is 10.1.